The zero-order valence-corrected chi connectivity index (χ0v) is 14.7. The zero-order chi connectivity index (χ0) is 16.6. The number of likely N-dealkylation sites (tertiary alicyclic amines) is 2. The molecule has 4 rings (SSSR count). The Labute approximate surface area is 145 Å². The highest BCUT2D eigenvalue weighted by atomic mass is 16.2. The van der Waals surface area contributed by atoms with Gasteiger partial charge in [-0.25, -0.2) is 0 Å². The van der Waals surface area contributed by atoms with Crippen LogP contribution in [0.25, 0.3) is 0 Å². The van der Waals surface area contributed by atoms with Crippen LogP contribution in [-0.4, -0.2) is 47.3 Å². The molecule has 2 heterocycles. The van der Waals surface area contributed by atoms with Gasteiger partial charge in [0, 0.05) is 32.1 Å². The lowest BCUT2D eigenvalue weighted by molar-refractivity contribution is -0.139. The Morgan fingerprint density at radius 2 is 1.96 bits per heavy atom. The number of nitrogens with zero attached hydrogens (tertiary/aromatic N) is 2. The van der Waals surface area contributed by atoms with Gasteiger partial charge in [0.1, 0.15) is 0 Å². The van der Waals surface area contributed by atoms with Crippen molar-refractivity contribution in [2.75, 3.05) is 19.6 Å². The summed E-state index contributed by atoms with van der Waals surface area (Å²) in [6.07, 6.45) is 15.6. The normalized spacial score (nSPS) is 34.5. The summed E-state index contributed by atoms with van der Waals surface area (Å²) in [5.74, 6) is 0.373. The molecule has 1 saturated carbocycles. The summed E-state index contributed by atoms with van der Waals surface area (Å²) in [5.41, 5.74) is 0.316. The minimum atomic E-state index is -0.0904. The van der Waals surface area contributed by atoms with E-state index in [4.69, 9.17) is 0 Å². The molecule has 0 aromatic heterocycles. The first-order chi connectivity index (χ1) is 11.7. The van der Waals surface area contributed by atoms with Crippen LogP contribution in [-0.2, 0) is 9.59 Å². The predicted molar refractivity (Wildman–Crippen MR) is 93.3 cm³/mol. The van der Waals surface area contributed by atoms with E-state index in [1.807, 2.05) is 4.90 Å². The van der Waals surface area contributed by atoms with Crippen LogP contribution in [0.15, 0.2) is 12.2 Å². The number of amides is 2. The van der Waals surface area contributed by atoms with Gasteiger partial charge in [-0.15, -0.1) is 0 Å². The molecule has 2 saturated heterocycles. The summed E-state index contributed by atoms with van der Waals surface area (Å²) >= 11 is 0. The quantitative estimate of drug-likeness (QED) is 0.730. The number of carbonyl (C=O) groups is 2. The van der Waals surface area contributed by atoms with Crippen molar-refractivity contribution in [2.45, 2.75) is 70.3 Å². The number of carbonyl (C=O) groups excluding carboxylic acids is 2. The Balaban J connectivity index is 1.40. The molecule has 0 aromatic carbocycles. The third-order valence-electron chi connectivity index (χ3n) is 6.81. The first-order valence-electron chi connectivity index (χ1n) is 9.90. The van der Waals surface area contributed by atoms with E-state index in [0.717, 1.165) is 45.2 Å². The van der Waals surface area contributed by atoms with E-state index in [0.29, 0.717) is 24.4 Å². The lowest BCUT2D eigenvalue weighted by Crippen LogP contribution is -2.48. The number of allylic oxidation sites excluding steroid dienone is 2. The smallest absolute Gasteiger partial charge is 0.228 e. The van der Waals surface area contributed by atoms with Gasteiger partial charge in [0.25, 0.3) is 0 Å². The van der Waals surface area contributed by atoms with Crippen LogP contribution in [0, 0.1) is 11.3 Å². The van der Waals surface area contributed by atoms with Crippen molar-refractivity contribution in [3.63, 3.8) is 0 Å². The van der Waals surface area contributed by atoms with Crippen molar-refractivity contribution >= 4 is 11.8 Å². The van der Waals surface area contributed by atoms with Gasteiger partial charge in [0.2, 0.25) is 11.8 Å². The molecule has 132 valence electrons. The van der Waals surface area contributed by atoms with Gasteiger partial charge < -0.3 is 9.80 Å². The van der Waals surface area contributed by atoms with Crippen LogP contribution in [0.3, 0.4) is 0 Å². The predicted octanol–water partition coefficient (Wildman–Crippen LogP) is 3.13. The fourth-order valence-corrected chi connectivity index (χ4v) is 5.43. The van der Waals surface area contributed by atoms with Crippen molar-refractivity contribution in [3.05, 3.63) is 12.2 Å². The molecule has 0 aromatic rings. The molecule has 0 N–H and O–H groups in total. The lowest BCUT2D eigenvalue weighted by atomic mass is 9.71. The van der Waals surface area contributed by atoms with Crippen molar-refractivity contribution in [1.82, 2.24) is 9.80 Å². The number of rotatable bonds is 2. The summed E-state index contributed by atoms with van der Waals surface area (Å²) in [5, 5.41) is 0. The molecular formula is C20H30N2O2. The van der Waals surface area contributed by atoms with Crippen LogP contribution in [0.4, 0.5) is 0 Å². The molecule has 4 aliphatic rings. The van der Waals surface area contributed by atoms with E-state index < -0.39 is 0 Å². The van der Waals surface area contributed by atoms with E-state index >= 15 is 0 Å². The second-order valence-electron chi connectivity index (χ2n) is 8.46. The molecule has 1 spiro atoms. The van der Waals surface area contributed by atoms with Crippen molar-refractivity contribution < 1.29 is 9.59 Å². The first kappa shape index (κ1) is 16.2. The fourth-order valence-electron chi connectivity index (χ4n) is 5.43. The van der Waals surface area contributed by atoms with Gasteiger partial charge in [-0.05, 0) is 50.4 Å². The van der Waals surface area contributed by atoms with Gasteiger partial charge in [0.05, 0.1) is 5.92 Å². The maximum atomic E-state index is 13.1. The largest absolute Gasteiger partial charge is 0.342 e. The topological polar surface area (TPSA) is 40.6 Å². The molecular weight excluding hydrogens is 300 g/mol. The molecule has 2 amide bonds. The van der Waals surface area contributed by atoms with Crippen molar-refractivity contribution in [3.8, 4) is 0 Å². The Kier molecular flexibility index (Phi) is 4.40. The molecule has 3 fully saturated rings. The highest BCUT2D eigenvalue weighted by Crippen LogP contribution is 2.41. The SMILES string of the molecule is O=C(C1CC(=O)N(C2CCCC2)C1)N1CCCC2(CC=CCC2)C1. The molecule has 2 aliphatic heterocycles. The number of hydrogen-bond acceptors (Lipinski definition) is 2. The number of piperidine rings is 1. The highest BCUT2D eigenvalue weighted by molar-refractivity contribution is 5.89. The monoisotopic (exact) mass is 330 g/mol. The molecule has 0 bridgehead atoms. The summed E-state index contributed by atoms with van der Waals surface area (Å²) < 4.78 is 0. The Morgan fingerprint density at radius 1 is 1.12 bits per heavy atom. The molecule has 0 radical (unpaired) electrons. The summed E-state index contributed by atoms with van der Waals surface area (Å²) in [4.78, 5) is 29.6. The van der Waals surface area contributed by atoms with E-state index in [1.54, 1.807) is 0 Å². The average molecular weight is 330 g/mol. The minimum Gasteiger partial charge on any atom is -0.342 e. The van der Waals surface area contributed by atoms with Crippen LogP contribution in [0.2, 0.25) is 0 Å². The molecule has 2 aliphatic carbocycles. The van der Waals surface area contributed by atoms with Crippen LogP contribution >= 0.6 is 0 Å². The fraction of sp³-hybridized carbons (Fsp3) is 0.800. The lowest BCUT2D eigenvalue weighted by Gasteiger charge is -2.44. The van der Waals surface area contributed by atoms with Gasteiger partial charge >= 0.3 is 0 Å². The second kappa shape index (κ2) is 6.53. The summed E-state index contributed by atoms with van der Waals surface area (Å²) in [6.45, 7) is 2.47. The van der Waals surface area contributed by atoms with E-state index in [9.17, 15) is 9.59 Å². The third-order valence-corrected chi connectivity index (χ3v) is 6.81. The molecule has 4 nitrogen and oxygen atoms in total. The third kappa shape index (κ3) is 3.00. The van der Waals surface area contributed by atoms with Crippen molar-refractivity contribution in [1.29, 1.82) is 0 Å². The van der Waals surface area contributed by atoms with Gasteiger partial charge in [-0.3, -0.25) is 9.59 Å². The molecule has 2 atom stereocenters. The van der Waals surface area contributed by atoms with Crippen LogP contribution in [0.1, 0.15) is 64.2 Å². The maximum absolute atomic E-state index is 13.1. The van der Waals surface area contributed by atoms with Gasteiger partial charge in [0.15, 0.2) is 0 Å². The highest BCUT2D eigenvalue weighted by Gasteiger charge is 2.43. The van der Waals surface area contributed by atoms with Gasteiger partial charge in [-0.2, -0.15) is 0 Å². The van der Waals surface area contributed by atoms with E-state index in [-0.39, 0.29) is 17.7 Å². The zero-order valence-electron chi connectivity index (χ0n) is 14.7. The van der Waals surface area contributed by atoms with Crippen LogP contribution < -0.4 is 0 Å². The first-order valence-corrected chi connectivity index (χ1v) is 9.90. The summed E-state index contributed by atoms with van der Waals surface area (Å²) in [6, 6.07) is 0.409. The van der Waals surface area contributed by atoms with Crippen molar-refractivity contribution in [2.24, 2.45) is 11.3 Å². The van der Waals surface area contributed by atoms with Crippen LogP contribution in [0.5, 0.6) is 0 Å². The Hall–Kier alpha value is -1.32. The Bertz CT molecular complexity index is 538. The number of hydrogen-bond donors (Lipinski definition) is 0. The van der Waals surface area contributed by atoms with E-state index in [1.165, 1.54) is 25.7 Å². The average Bonchev–Trinajstić information content (AvgIpc) is 3.24. The maximum Gasteiger partial charge on any atom is 0.228 e. The molecule has 4 heteroatoms. The standard InChI is InChI=1S/C20H30N2O2/c23-18-13-16(14-22(18)17-7-2-3-8-17)19(24)21-12-6-11-20(15-21)9-4-1-5-10-20/h1,4,16-17H,2-3,5-15H2. The minimum absolute atomic E-state index is 0.0904. The molecule has 2 unspecified atom stereocenters. The Morgan fingerprint density at radius 3 is 2.71 bits per heavy atom. The van der Waals surface area contributed by atoms with Gasteiger partial charge in [-0.1, -0.05) is 25.0 Å². The molecule has 24 heavy (non-hydrogen) atoms. The van der Waals surface area contributed by atoms with E-state index in [2.05, 4.69) is 17.1 Å². The summed E-state index contributed by atoms with van der Waals surface area (Å²) in [7, 11) is 0. The second-order valence-corrected chi connectivity index (χ2v) is 8.46.